The van der Waals surface area contributed by atoms with Crippen molar-refractivity contribution in [2.45, 2.75) is 23.8 Å². The molecule has 1 saturated heterocycles. The van der Waals surface area contributed by atoms with Crippen molar-refractivity contribution >= 4 is 37.5 Å². The van der Waals surface area contributed by atoms with Gasteiger partial charge in [0, 0.05) is 12.1 Å². The maximum Gasteiger partial charge on any atom is 0.262 e. The molecule has 2 aromatic carbocycles. The normalized spacial score (nSPS) is 17.3. The van der Waals surface area contributed by atoms with E-state index in [9.17, 15) is 13.2 Å². The Morgan fingerprint density at radius 2 is 1.96 bits per heavy atom. The van der Waals surface area contributed by atoms with E-state index < -0.39 is 10.0 Å². The molecule has 1 atom stereocenters. The molecule has 0 bridgehead atoms. The largest absolute Gasteiger partial charge is 0.329 e. The topological polar surface area (TPSA) is 88.6 Å². The molecule has 7 nitrogen and oxygen atoms in total. The van der Waals surface area contributed by atoms with Crippen LogP contribution in [0.15, 0.2) is 53.4 Å². The maximum atomic E-state index is 13.0. The van der Waals surface area contributed by atoms with E-state index >= 15 is 0 Å². The van der Waals surface area contributed by atoms with E-state index in [0.717, 1.165) is 28.1 Å². The lowest BCUT2D eigenvalue weighted by atomic mass is 10.1. The highest BCUT2D eigenvalue weighted by Gasteiger charge is 2.33. The number of carbonyl (C=O) groups is 1. The number of rotatable bonds is 5. The third kappa shape index (κ3) is 3.53. The first-order chi connectivity index (χ1) is 13.5. The summed E-state index contributed by atoms with van der Waals surface area (Å²) in [4.78, 5) is 26.1. The van der Waals surface area contributed by atoms with E-state index in [1.54, 1.807) is 11.3 Å². The minimum absolute atomic E-state index is 0.0371. The number of hydrogen-bond donors (Lipinski definition) is 1. The number of nitrogens with zero attached hydrogens (tertiary/aromatic N) is 2. The lowest BCUT2D eigenvalue weighted by Gasteiger charge is -2.23. The fourth-order valence-electron chi connectivity index (χ4n) is 3.40. The molecule has 0 radical (unpaired) electrons. The Morgan fingerprint density at radius 1 is 1.21 bits per heavy atom. The minimum atomic E-state index is -3.75. The van der Waals surface area contributed by atoms with Gasteiger partial charge in [0.15, 0.2) is 0 Å². The summed E-state index contributed by atoms with van der Waals surface area (Å²) in [6.07, 6.45) is 1.78. The van der Waals surface area contributed by atoms with Gasteiger partial charge in [-0.05, 0) is 49.2 Å². The summed E-state index contributed by atoms with van der Waals surface area (Å²) in [5, 5.41) is 0.940. The number of sulfonamides is 1. The van der Waals surface area contributed by atoms with Gasteiger partial charge in [-0.1, -0.05) is 17.0 Å². The smallest absolute Gasteiger partial charge is 0.262 e. The van der Waals surface area contributed by atoms with Crippen LogP contribution in [0.3, 0.4) is 0 Å². The van der Waals surface area contributed by atoms with Crippen molar-refractivity contribution in [1.82, 2.24) is 14.8 Å². The van der Waals surface area contributed by atoms with Crippen LogP contribution in [0.4, 0.5) is 0 Å². The maximum absolute atomic E-state index is 13.0. The van der Waals surface area contributed by atoms with Crippen molar-refractivity contribution in [3.05, 3.63) is 59.1 Å². The Balaban J connectivity index is 1.58. The van der Waals surface area contributed by atoms with Crippen molar-refractivity contribution in [1.29, 1.82) is 0 Å². The summed E-state index contributed by atoms with van der Waals surface area (Å²) in [6, 6.07) is 13.8. The second-order valence-corrected chi connectivity index (χ2v) is 9.20. The van der Waals surface area contributed by atoms with Crippen LogP contribution in [0.2, 0.25) is 0 Å². The monoisotopic (exact) mass is 417 g/mol. The number of likely N-dealkylation sites (tertiary alicyclic amines) is 1. The molecule has 1 amide bonds. The summed E-state index contributed by atoms with van der Waals surface area (Å²) in [5.74, 6) is -0.120. The van der Waals surface area contributed by atoms with Crippen molar-refractivity contribution < 1.29 is 18.0 Å². The zero-order valence-corrected chi connectivity index (χ0v) is 16.8. The van der Waals surface area contributed by atoms with E-state index in [-0.39, 0.29) is 16.8 Å². The predicted molar refractivity (Wildman–Crippen MR) is 106 cm³/mol. The van der Waals surface area contributed by atoms with Gasteiger partial charge in [-0.3, -0.25) is 9.63 Å². The standard InChI is InChI=1S/C19H19N3O4S2/c1-26-21-28(24,25)14-10-8-13(9-11-14)19(23)22-12-4-6-16(22)18-20-15-5-2-3-7-17(15)27-18/h2-3,5,7-11,16,21H,4,6,12H2,1H3. The van der Waals surface area contributed by atoms with Gasteiger partial charge in [-0.2, -0.15) is 0 Å². The number of carbonyl (C=O) groups excluding carboxylic acids is 1. The SMILES string of the molecule is CONS(=O)(=O)c1ccc(C(=O)N2CCCC2c2nc3ccccc3s2)cc1. The van der Waals surface area contributed by atoms with Gasteiger partial charge in [0.1, 0.15) is 5.01 Å². The highest BCUT2D eigenvalue weighted by atomic mass is 32.2. The summed E-state index contributed by atoms with van der Waals surface area (Å²) in [5.41, 5.74) is 1.39. The highest BCUT2D eigenvalue weighted by Crippen LogP contribution is 2.37. The molecular formula is C19H19N3O4S2. The number of fused-ring (bicyclic) bond motifs is 1. The molecule has 4 rings (SSSR count). The van der Waals surface area contributed by atoms with Crippen LogP contribution < -0.4 is 4.89 Å². The van der Waals surface area contributed by atoms with Crippen LogP contribution >= 0.6 is 11.3 Å². The Morgan fingerprint density at radius 3 is 2.68 bits per heavy atom. The van der Waals surface area contributed by atoms with Crippen LogP contribution in [-0.2, 0) is 14.9 Å². The van der Waals surface area contributed by atoms with Crippen molar-refractivity contribution in [3.63, 3.8) is 0 Å². The van der Waals surface area contributed by atoms with Crippen molar-refractivity contribution in [2.24, 2.45) is 0 Å². The molecule has 1 N–H and O–H groups in total. The molecule has 0 saturated carbocycles. The van der Waals surface area contributed by atoms with Crippen LogP contribution in [-0.4, -0.2) is 37.9 Å². The molecule has 28 heavy (non-hydrogen) atoms. The second kappa shape index (κ2) is 7.59. The van der Waals surface area contributed by atoms with Crippen molar-refractivity contribution in [2.75, 3.05) is 13.7 Å². The summed E-state index contributed by atoms with van der Waals surface area (Å²) in [6.45, 7) is 0.657. The highest BCUT2D eigenvalue weighted by molar-refractivity contribution is 7.89. The number of benzene rings is 2. The Labute approximate surface area is 167 Å². The fourth-order valence-corrected chi connectivity index (χ4v) is 5.32. The van der Waals surface area contributed by atoms with Crippen molar-refractivity contribution in [3.8, 4) is 0 Å². The van der Waals surface area contributed by atoms with E-state index in [1.165, 1.54) is 31.4 Å². The molecule has 146 valence electrons. The molecule has 1 aliphatic heterocycles. The van der Waals surface area contributed by atoms with E-state index in [4.69, 9.17) is 4.98 Å². The third-order valence-corrected chi connectivity index (χ3v) is 7.13. The Hall–Kier alpha value is -2.33. The van der Waals surface area contributed by atoms with E-state index in [1.807, 2.05) is 34.1 Å². The second-order valence-electron chi connectivity index (χ2n) is 6.49. The molecule has 1 fully saturated rings. The lowest BCUT2D eigenvalue weighted by molar-refractivity contribution is 0.0735. The molecule has 3 aromatic rings. The number of thiazole rings is 1. The zero-order chi connectivity index (χ0) is 19.7. The molecular weight excluding hydrogens is 398 g/mol. The molecule has 0 aliphatic carbocycles. The molecule has 1 aliphatic rings. The van der Waals surface area contributed by atoms with E-state index in [0.29, 0.717) is 12.1 Å². The molecule has 2 heterocycles. The number of hydrogen-bond acceptors (Lipinski definition) is 6. The van der Waals surface area contributed by atoms with Gasteiger partial charge in [0.05, 0.1) is 28.3 Å². The first-order valence-electron chi connectivity index (χ1n) is 8.81. The fraction of sp³-hybridized carbons (Fsp3) is 0.263. The quantitative estimate of drug-likeness (QED) is 0.645. The first-order valence-corrected chi connectivity index (χ1v) is 11.1. The van der Waals surface area contributed by atoms with Gasteiger partial charge >= 0.3 is 0 Å². The van der Waals surface area contributed by atoms with Crippen LogP contribution in [0.1, 0.15) is 34.2 Å². The van der Waals surface area contributed by atoms with Crippen LogP contribution in [0.5, 0.6) is 0 Å². The van der Waals surface area contributed by atoms with Gasteiger partial charge in [0.2, 0.25) is 0 Å². The van der Waals surface area contributed by atoms with Crippen LogP contribution in [0.25, 0.3) is 10.2 Å². The zero-order valence-electron chi connectivity index (χ0n) is 15.2. The predicted octanol–water partition coefficient (Wildman–Crippen LogP) is 3.11. The van der Waals surface area contributed by atoms with Gasteiger partial charge in [0.25, 0.3) is 15.9 Å². The number of amides is 1. The molecule has 1 unspecified atom stereocenters. The number of para-hydroxylation sites is 1. The number of nitrogens with one attached hydrogen (secondary N) is 1. The molecule has 1 aromatic heterocycles. The summed E-state index contributed by atoms with van der Waals surface area (Å²) >= 11 is 1.62. The molecule has 0 spiro atoms. The summed E-state index contributed by atoms with van der Waals surface area (Å²) < 4.78 is 25.0. The first kappa shape index (κ1) is 19.0. The van der Waals surface area contributed by atoms with Gasteiger partial charge in [-0.25, -0.2) is 13.4 Å². The minimum Gasteiger partial charge on any atom is -0.329 e. The Bertz CT molecular complexity index is 1080. The van der Waals surface area contributed by atoms with Gasteiger partial charge < -0.3 is 4.90 Å². The van der Waals surface area contributed by atoms with Gasteiger partial charge in [-0.15, -0.1) is 11.3 Å². The average molecular weight is 418 g/mol. The average Bonchev–Trinajstić information content (AvgIpc) is 3.34. The third-order valence-electron chi connectivity index (χ3n) is 4.71. The Kier molecular flexibility index (Phi) is 5.15. The molecule has 9 heteroatoms. The van der Waals surface area contributed by atoms with E-state index in [2.05, 4.69) is 4.84 Å². The number of aromatic nitrogens is 1. The van der Waals surface area contributed by atoms with Crippen LogP contribution in [0, 0.1) is 0 Å². The summed E-state index contributed by atoms with van der Waals surface area (Å²) in [7, 11) is -2.52. The lowest BCUT2D eigenvalue weighted by Crippen LogP contribution is -2.30.